The van der Waals surface area contributed by atoms with E-state index in [-0.39, 0.29) is 17.1 Å². The van der Waals surface area contributed by atoms with Crippen LogP contribution in [-0.2, 0) is 4.43 Å². The SMILES string of the molecule is C=C(CO)[C@@H]1CCC2[C@H](O[Si](C)(C)C(C)(C)C)CCCC21C. The molecule has 2 nitrogen and oxygen atoms in total. The van der Waals surface area contributed by atoms with Gasteiger partial charge in [0.15, 0.2) is 8.32 Å². The van der Waals surface area contributed by atoms with E-state index in [1.807, 2.05) is 0 Å². The van der Waals surface area contributed by atoms with Gasteiger partial charge in [-0.2, -0.15) is 0 Å². The van der Waals surface area contributed by atoms with Crippen molar-refractivity contribution in [2.24, 2.45) is 17.3 Å². The van der Waals surface area contributed by atoms with Gasteiger partial charge in [0.2, 0.25) is 0 Å². The summed E-state index contributed by atoms with van der Waals surface area (Å²) in [5.41, 5.74) is 1.32. The van der Waals surface area contributed by atoms with Gasteiger partial charge in [-0.25, -0.2) is 0 Å². The van der Waals surface area contributed by atoms with E-state index in [9.17, 15) is 5.11 Å². The van der Waals surface area contributed by atoms with Crippen LogP contribution in [0, 0.1) is 17.3 Å². The van der Waals surface area contributed by atoms with Gasteiger partial charge in [0.1, 0.15) is 0 Å². The van der Waals surface area contributed by atoms with Crippen LogP contribution >= 0.6 is 0 Å². The molecule has 0 saturated heterocycles. The molecule has 3 heteroatoms. The van der Waals surface area contributed by atoms with Gasteiger partial charge in [-0.05, 0) is 66.6 Å². The minimum atomic E-state index is -1.71. The van der Waals surface area contributed by atoms with Gasteiger partial charge in [-0.3, -0.25) is 0 Å². The molecule has 22 heavy (non-hydrogen) atoms. The van der Waals surface area contributed by atoms with Gasteiger partial charge in [0.25, 0.3) is 0 Å². The van der Waals surface area contributed by atoms with E-state index in [1.165, 1.54) is 32.1 Å². The Morgan fingerprint density at radius 1 is 1.27 bits per heavy atom. The molecule has 0 heterocycles. The fraction of sp³-hybridized carbons (Fsp3) is 0.895. The summed E-state index contributed by atoms with van der Waals surface area (Å²) in [6, 6.07) is 0. The highest BCUT2D eigenvalue weighted by atomic mass is 28.4. The Kier molecular flexibility index (Phi) is 5.02. The second-order valence-corrected chi connectivity index (χ2v) is 14.1. The lowest BCUT2D eigenvalue weighted by Crippen LogP contribution is -2.50. The van der Waals surface area contributed by atoms with Gasteiger partial charge >= 0.3 is 0 Å². The van der Waals surface area contributed by atoms with Crippen LogP contribution in [0.4, 0.5) is 0 Å². The van der Waals surface area contributed by atoms with E-state index in [1.54, 1.807) is 0 Å². The first-order valence-electron chi connectivity index (χ1n) is 8.99. The molecule has 2 fully saturated rings. The maximum atomic E-state index is 9.54. The fourth-order valence-corrected chi connectivity index (χ4v) is 5.99. The summed E-state index contributed by atoms with van der Waals surface area (Å²) in [4.78, 5) is 0. The summed E-state index contributed by atoms with van der Waals surface area (Å²) in [7, 11) is -1.71. The molecule has 0 aromatic rings. The third-order valence-corrected chi connectivity index (χ3v) is 11.5. The number of hydrogen-bond acceptors (Lipinski definition) is 2. The Balaban J connectivity index is 2.18. The lowest BCUT2D eigenvalue weighted by molar-refractivity contribution is -0.00474. The van der Waals surface area contributed by atoms with Crippen molar-refractivity contribution in [3.05, 3.63) is 12.2 Å². The van der Waals surface area contributed by atoms with Crippen molar-refractivity contribution in [3.8, 4) is 0 Å². The molecule has 2 unspecified atom stereocenters. The van der Waals surface area contributed by atoms with Crippen molar-refractivity contribution in [2.45, 2.75) is 84.0 Å². The zero-order valence-electron chi connectivity index (χ0n) is 15.5. The molecule has 0 radical (unpaired) electrons. The maximum Gasteiger partial charge on any atom is 0.192 e. The Morgan fingerprint density at radius 2 is 1.91 bits per heavy atom. The van der Waals surface area contributed by atoms with E-state index >= 15 is 0 Å². The van der Waals surface area contributed by atoms with E-state index in [0.717, 1.165) is 5.57 Å². The number of aliphatic hydroxyl groups is 1. The summed E-state index contributed by atoms with van der Waals surface area (Å²) in [6.07, 6.45) is 6.55. The monoisotopic (exact) mass is 324 g/mol. The number of fused-ring (bicyclic) bond motifs is 1. The first kappa shape index (κ1) is 18.2. The van der Waals surface area contributed by atoms with Crippen LogP contribution in [0.3, 0.4) is 0 Å². The second kappa shape index (κ2) is 6.07. The van der Waals surface area contributed by atoms with Crippen LogP contribution in [0.2, 0.25) is 18.1 Å². The highest BCUT2D eigenvalue weighted by Gasteiger charge is 2.53. The third kappa shape index (κ3) is 3.09. The largest absolute Gasteiger partial charge is 0.414 e. The molecule has 0 aromatic heterocycles. The second-order valence-electron chi connectivity index (χ2n) is 9.37. The third-order valence-electron chi connectivity index (χ3n) is 7.01. The lowest BCUT2D eigenvalue weighted by Gasteiger charge is -2.49. The average molecular weight is 325 g/mol. The van der Waals surface area contributed by atoms with Crippen LogP contribution in [0.15, 0.2) is 12.2 Å². The molecule has 0 bridgehead atoms. The molecular formula is C19H36O2Si. The van der Waals surface area contributed by atoms with E-state index < -0.39 is 8.32 Å². The summed E-state index contributed by atoms with van der Waals surface area (Å²) in [5, 5.41) is 9.81. The topological polar surface area (TPSA) is 29.5 Å². The Labute approximate surface area is 138 Å². The number of hydrogen-bond donors (Lipinski definition) is 1. The molecule has 2 saturated carbocycles. The van der Waals surface area contributed by atoms with Crippen molar-refractivity contribution >= 4 is 8.32 Å². The smallest absolute Gasteiger partial charge is 0.192 e. The molecule has 4 atom stereocenters. The van der Waals surface area contributed by atoms with Gasteiger partial charge < -0.3 is 9.53 Å². The molecule has 0 spiro atoms. The summed E-state index contributed by atoms with van der Waals surface area (Å²) in [5.74, 6) is 1.12. The quantitative estimate of drug-likeness (QED) is 0.573. The molecule has 2 aliphatic carbocycles. The minimum absolute atomic E-state index is 0.140. The van der Waals surface area contributed by atoms with Crippen molar-refractivity contribution in [2.75, 3.05) is 6.61 Å². The molecular weight excluding hydrogens is 288 g/mol. The molecule has 2 aliphatic rings. The van der Waals surface area contributed by atoms with Crippen molar-refractivity contribution < 1.29 is 9.53 Å². The van der Waals surface area contributed by atoms with Gasteiger partial charge in [0, 0.05) is 6.10 Å². The maximum absolute atomic E-state index is 9.54. The molecule has 128 valence electrons. The minimum Gasteiger partial charge on any atom is -0.414 e. The first-order valence-corrected chi connectivity index (χ1v) is 11.9. The Morgan fingerprint density at radius 3 is 2.45 bits per heavy atom. The highest BCUT2D eigenvalue weighted by molar-refractivity contribution is 6.74. The number of rotatable bonds is 4. The average Bonchev–Trinajstić information content (AvgIpc) is 2.74. The van der Waals surface area contributed by atoms with E-state index in [2.05, 4.69) is 47.4 Å². The molecule has 1 N–H and O–H groups in total. The van der Waals surface area contributed by atoms with E-state index in [4.69, 9.17) is 4.43 Å². The lowest BCUT2D eigenvalue weighted by atomic mass is 9.63. The summed E-state index contributed by atoms with van der Waals surface area (Å²) >= 11 is 0. The van der Waals surface area contributed by atoms with Gasteiger partial charge in [-0.15, -0.1) is 0 Å². The summed E-state index contributed by atoms with van der Waals surface area (Å²) < 4.78 is 6.83. The number of aliphatic hydroxyl groups excluding tert-OH is 1. The normalized spacial score (nSPS) is 36.2. The standard InChI is InChI=1S/C19H36O2Si/c1-14(13-20)15-10-11-16-17(9-8-12-19(15,16)5)21-22(6,7)18(2,3)4/h15-17,20H,1,8-13H2,2-7H3/t15-,16?,17+,19?/m0/s1. The van der Waals surface area contributed by atoms with Crippen molar-refractivity contribution in [3.63, 3.8) is 0 Å². The fourth-order valence-electron chi connectivity index (χ4n) is 4.60. The van der Waals surface area contributed by atoms with E-state index in [0.29, 0.717) is 17.9 Å². The molecule has 0 amide bonds. The Bertz CT molecular complexity index is 424. The van der Waals surface area contributed by atoms with Crippen LogP contribution in [-0.4, -0.2) is 26.1 Å². The molecule has 2 rings (SSSR count). The zero-order chi connectivity index (χ0) is 16.8. The highest BCUT2D eigenvalue weighted by Crippen LogP contribution is 2.58. The first-order chi connectivity index (χ1) is 10.0. The van der Waals surface area contributed by atoms with Crippen LogP contribution in [0.25, 0.3) is 0 Å². The summed E-state index contributed by atoms with van der Waals surface area (Å²) in [6.45, 7) is 18.4. The van der Waals surface area contributed by atoms with Crippen molar-refractivity contribution in [1.82, 2.24) is 0 Å². The van der Waals surface area contributed by atoms with Gasteiger partial charge in [0.05, 0.1) is 6.61 Å². The van der Waals surface area contributed by atoms with Crippen LogP contribution in [0.1, 0.15) is 59.8 Å². The molecule has 0 aromatic carbocycles. The van der Waals surface area contributed by atoms with Crippen molar-refractivity contribution in [1.29, 1.82) is 0 Å². The van der Waals surface area contributed by atoms with Crippen LogP contribution in [0.5, 0.6) is 0 Å². The molecule has 0 aliphatic heterocycles. The Hall–Kier alpha value is -0.123. The van der Waals surface area contributed by atoms with Gasteiger partial charge in [-0.1, -0.05) is 40.7 Å². The van der Waals surface area contributed by atoms with Crippen LogP contribution < -0.4 is 0 Å². The predicted octanol–water partition coefficient (Wildman–Crippen LogP) is 5.14. The zero-order valence-corrected chi connectivity index (χ0v) is 16.5. The predicted molar refractivity (Wildman–Crippen MR) is 96.5 cm³/mol.